The number of benzene rings is 2. The molecule has 1 saturated heterocycles. The lowest BCUT2D eigenvalue weighted by Crippen LogP contribution is -2.46. The normalized spacial score (nSPS) is 14.0. The van der Waals surface area contributed by atoms with E-state index in [1.54, 1.807) is 41.3 Å². The molecule has 0 spiro atoms. The van der Waals surface area contributed by atoms with Gasteiger partial charge in [-0.2, -0.15) is 0 Å². The topological polar surface area (TPSA) is 72.9 Å². The number of nitrogens with zero attached hydrogens (tertiary/aromatic N) is 2. The van der Waals surface area contributed by atoms with Gasteiger partial charge in [0.25, 0.3) is 5.91 Å². The summed E-state index contributed by atoms with van der Waals surface area (Å²) < 4.78 is 0. The Morgan fingerprint density at radius 1 is 1.00 bits per heavy atom. The van der Waals surface area contributed by atoms with Crippen molar-refractivity contribution < 1.29 is 14.7 Å². The van der Waals surface area contributed by atoms with Crippen molar-refractivity contribution in [2.75, 3.05) is 44.2 Å². The van der Waals surface area contributed by atoms with Gasteiger partial charge in [0.05, 0.1) is 11.1 Å². The second kappa shape index (κ2) is 8.89. The third kappa shape index (κ3) is 4.02. The van der Waals surface area contributed by atoms with Crippen LogP contribution in [-0.2, 0) is 0 Å². The number of phenols is 1. The summed E-state index contributed by atoms with van der Waals surface area (Å²) in [6.07, 6.45) is 0. The van der Waals surface area contributed by atoms with Crippen molar-refractivity contribution in [3.8, 4) is 5.75 Å². The van der Waals surface area contributed by atoms with Gasteiger partial charge in [0, 0.05) is 56.6 Å². The Balaban J connectivity index is 1.92. The van der Waals surface area contributed by atoms with Crippen LogP contribution >= 0.6 is 0 Å². The van der Waals surface area contributed by atoms with Crippen molar-refractivity contribution >= 4 is 17.4 Å². The number of hydrogen-bond acceptors (Lipinski definition) is 5. The second-order valence-electron chi connectivity index (χ2n) is 6.79. The summed E-state index contributed by atoms with van der Waals surface area (Å²) in [5.74, 6) is -0.564. The summed E-state index contributed by atoms with van der Waals surface area (Å²) in [6, 6.07) is 11.9. The predicted molar refractivity (Wildman–Crippen MR) is 110 cm³/mol. The van der Waals surface area contributed by atoms with Crippen LogP contribution in [0.3, 0.4) is 0 Å². The molecule has 0 unspecified atom stereocenters. The Kier molecular flexibility index (Phi) is 6.31. The quantitative estimate of drug-likeness (QED) is 0.753. The summed E-state index contributed by atoms with van der Waals surface area (Å²) >= 11 is 0. The van der Waals surface area contributed by atoms with Crippen LogP contribution in [0.1, 0.15) is 40.1 Å². The Morgan fingerprint density at radius 3 is 2.25 bits per heavy atom. The van der Waals surface area contributed by atoms with Gasteiger partial charge in [-0.3, -0.25) is 9.59 Å². The van der Waals surface area contributed by atoms with E-state index in [4.69, 9.17) is 0 Å². The largest absolute Gasteiger partial charge is 0.507 e. The molecule has 6 heteroatoms. The third-order valence-electron chi connectivity index (χ3n) is 5.16. The van der Waals surface area contributed by atoms with Gasteiger partial charge in [0.1, 0.15) is 5.75 Å². The van der Waals surface area contributed by atoms with E-state index in [0.717, 1.165) is 31.9 Å². The minimum atomic E-state index is -0.345. The Bertz CT molecular complexity index is 856. The molecule has 0 saturated carbocycles. The smallest absolute Gasteiger partial charge is 0.254 e. The van der Waals surface area contributed by atoms with Crippen LogP contribution in [0.2, 0.25) is 0 Å². The molecule has 1 aliphatic heterocycles. The monoisotopic (exact) mass is 381 g/mol. The lowest BCUT2D eigenvalue weighted by atomic mass is 9.96. The number of ketones is 1. The number of rotatable bonds is 6. The standard InChI is InChI=1S/C22H27N3O3/c1-3-24(4-2)16-9-10-19(20(26)15-16)21(27)17-7-5-6-8-18(17)22(28)25-13-11-23-12-14-25/h5-10,15,23,26H,3-4,11-14H2,1-2H3. The van der Waals surface area contributed by atoms with Crippen molar-refractivity contribution in [2.45, 2.75) is 13.8 Å². The maximum Gasteiger partial charge on any atom is 0.254 e. The molecule has 0 aromatic heterocycles. The van der Waals surface area contributed by atoms with E-state index in [2.05, 4.69) is 10.2 Å². The van der Waals surface area contributed by atoms with Gasteiger partial charge in [-0.05, 0) is 32.0 Å². The van der Waals surface area contributed by atoms with Gasteiger partial charge in [-0.1, -0.05) is 18.2 Å². The van der Waals surface area contributed by atoms with Gasteiger partial charge < -0.3 is 20.2 Å². The molecular formula is C22H27N3O3. The fourth-order valence-corrected chi connectivity index (χ4v) is 3.55. The van der Waals surface area contributed by atoms with Crippen LogP contribution < -0.4 is 10.2 Å². The highest BCUT2D eigenvalue weighted by atomic mass is 16.3. The number of carbonyl (C=O) groups excluding carboxylic acids is 2. The van der Waals surface area contributed by atoms with E-state index in [-0.39, 0.29) is 23.0 Å². The molecule has 1 fully saturated rings. The molecule has 1 aliphatic rings. The SMILES string of the molecule is CCN(CC)c1ccc(C(=O)c2ccccc2C(=O)N2CCNCC2)c(O)c1. The molecule has 28 heavy (non-hydrogen) atoms. The number of piperazine rings is 1. The molecule has 1 amide bonds. The average Bonchev–Trinajstić information content (AvgIpc) is 2.74. The summed E-state index contributed by atoms with van der Waals surface area (Å²) in [6.45, 7) is 8.42. The molecule has 2 N–H and O–H groups in total. The van der Waals surface area contributed by atoms with Crippen LogP contribution in [0.5, 0.6) is 5.75 Å². The molecule has 0 radical (unpaired) electrons. The Hall–Kier alpha value is -2.86. The molecule has 0 atom stereocenters. The highest BCUT2D eigenvalue weighted by Gasteiger charge is 2.24. The predicted octanol–water partition coefficient (Wildman–Crippen LogP) is 2.51. The molecule has 3 rings (SSSR count). The zero-order valence-electron chi connectivity index (χ0n) is 16.4. The Morgan fingerprint density at radius 2 is 1.64 bits per heavy atom. The molecule has 0 bridgehead atoms. The molecule has 148 valence electrons. The van der Waals surface area contributed by atoms with Gasteiger partial charge >= 0.3 is 0 Å². The summed E-state index contributed by atoms with van der Waals surface area (Å²) in [5, 5.41) is 13.7. The third-order valence-corrected chi connectivity index (χ3v) is 5.16. The second-order valence-corrected chi connectivity index (χ2v) is 6.79. The minimum Gasteiger partial charge on any atom is -0.507 e. The van der Waals surface area contributed by atoms with Crippen LogP contribution in [-0.4, -0.2) is 61.0 Å². The van der Waals surface area contributed by atoms with Gasteiger partial charge in [0.2, 0.25) is 0 Å². The highest BCUT2D eigenvalue weighted by molar-refractivity contribution is 6.16. The van der Waals surface area contributed by atoms with E-state index in [1.807, 2.05) is 19.9 Å². The molecule has 2 aromatic carbocycles. The average molecular weight is 381 g/mol. The fourth-order valence-electron chi connectivity index (χ4n) is 3.55. The number of hydrogen-bond donors (Lipinski definition) is 2. The first-order valence-electron chi connectivity index (χ1n) is 9.78. The number of carbonyl (C=O) groups is 2. The van der Waals surface area contributed by atoms with E-state index in [1.165, 1.54) is 0 Å². The lowest BCUT2D eigenvalue weighted by Gasteiger charge is -2.28. The number of phenolic OH excluding ortho intramolecular Hbond substituents is 1. The fraction of sp³-hybridized carbons (Fsp3) is 0.364. The van der Waals surface area contributed by atoms with Crippen molar-refractivity contribution in [1.82, 2.24) is 10.2 Å². The van der Waals surface area contributed by atoms with Crippen LogP contribution in [0.4, 0.5) is 5.69 Å². The first-order chi connectivity index (χ1) is 13.6. The van der Waals surface area contributed by atoms with E-state index in [9.17, 15) is 14.7 Å². The van der Waals surface area contributed by atoms with Crippen molar-refractivity contribution in [1.29, 1.82) is 0 Å². The molecule has 6 nitrogen and oxygen atoms in total. The molecule has 0 aliphatic carbocycles. The van der Waals surface area contributed by atoms with E-state index in [0.29, 0.717) is 24.2 Å². The highest BCUT2D eigenvalue weighted by Crippen LogP contribution is 2.28. The minimum absolute atomic E-state index is 0.0705. The van der Waals surface area contributed by atoms with Crippen LogP contribution in [0, 0.1) is 0 Å². The van der Waals surface area contributed by atoms with E-state index >= 15 is 0 Å². The van der Waals surface area contributed by atoms with Gasteiger partial charge in [-0.15, -0.1) is 0 Å². The Labute approximate surface area is 165 Å². The van der Waals surface area contributed by atoms with Crippen molar-refractivity contribution in [2.24, 2.45) is 0 Å². The maximum atomic E-state index is 13.1. The maximum absolute atomic E-state index is 13.1. The van der Waals surface area contributed by atoms with Crippen LogP contribution in [0.15, 0.2) is 42.5 Å². The first kappa shape index (κ1) is 19.9. The summed E-state index contributed by atoms with van der Waals surface area (Å²) in [4.78, 5) is 29.9. The number of anilines is 1. The molecule has 2 aromatic rings. The molecule has 1 heterocycles. The van der Waals surface area contributed by atoms with Crippen molar-refractivity contribution in [3.05, 3.63) is 59.2 Å². The number of aromatic hydroxyl groups is 1. The number of nitrogens with one attached hydrogen (secondary N) is 1. The van der Waals surface area contributed by atoms with Crippen molar-refractivity contribution in [3.63, 3.8) is 0 Å². The summed E-state index contributed by atoms with van der Waals surface area (Å²) in [5.41, 5.74) is 1.76. The van der Waals surface area contributed by atoms with Crippen LogP contribution in [0.25, 0.3) is 0 Å². The molecular weight excluding hydrogens is 354 g/mol. The number of amides is 1. The van der Waals surface area contributed by atoms with Gasteiger partial charge in [0.15, 0.2) is 5.78 Å². The first-order valence-corrected chi connectivity index (χ1v) is 9.78. The van der Waals surface area contributed by atoms with E-state index < -0.39 is 0 Å². The van der Waals surface area contributed by atoms with Gasteiger partial charge in [-0.25, -0.2) is 0 Å². The lowest BCUT2D eigenvalue weighted by molar-refractivity contribution is 0.0731. The zero-order valence-corrected chi connectivity index (χ0v) is 16.4. The summed E-state index contributed by atoms with van der Waals surface area (Å²) in [7, 11) is 0. The zero-order chi connectivity index (χ0) is 20.1.